The van der Waals surface area contributed by atoms with Crippen molar-refractivity contribution in [1.29, 1.82) is 0 Å². The van der Waals surface area contributed by atoms with Gasteiger partial charge in [-0.15, -0.1) is 0 Å². The van der Waals surface area contributed by atoms with Crippen LogP contribution in [0.5, 0.6) is 0 Å². The summed E-state index contributed by atoms with van der Waals surface area (Å²) in [6.07, 6.45) is 9.14. The first-order valence-electron chi connectivity index (χ1n) is 12.3. The van der Waals surface area contributed by atoms with Crippen LogP contribution in [0.1, 0.15) is 57.4 Å². The predicted octanol–water partition coefficient (Wildman–Crippen LogP) is 4.90. The monoisotopic (exact) mass is 470 g/mol. The molecule has 2 saturated heterocycles. The molecule has 2 aromatic rings. The van der Waals surface area contributed by atoms with Crippen LogP contribution >= 0.6 is 12.2 Å². The second-order valence-electron chi connectivity index (χ2n) is 9.10. The normalized spacial score (nSPS) is 18.8. The van der Waals surface area contributed by atoms with E-state index in [1.807, 2.05) is 12.1 Å². The van der Waals surface area contributed by atoms with Crippen LogP contribution in [0.4, 0.5) is 22.0 Å². The Morgan fingerprint density at radius 2 is 1.76 bits per heavy atom. The molecule has 2 aliphatic rings. The molecular weight excluding hydrogens is 435 g/mol. The summed E-state index contributed by atoms with van der Waals surface area (Å²) in [6, 6.07) is 9.29. The van der Waals surface area contributed by atoms with Crippen molar-refractivity contribution in [1.82, 2.24) is 15.3 Å². The molecule has 4 rings (SSSR count). The zero-order valence-electron chi connectivity index (χ0n) is 19.5. The number of benzene rings is 1. The van der Waals surface area contributed by atoms with Crippen molar-refractivity contribution in [2.24, 2.45) is 0 Å². The van der Waals surface area contributed by atoms with Crippen LogP contribution in [-0.4, -0.2) is 47.3 Å². The number of nitrogens with zero attached hydrogens (tertiary/aromatic N) is 4. The molecule has 0 bridgehead atoms. The smallest absolute Gasteiger partial charge is 0.232 e. The second kappa shape index (κ2) is 11.6. The predicted molar refractivity (Wildman–Crippen MR) is 138 cm³/mol. The van der Waals surface area contributed by atoms with Crippen LogP contribution in [0.25, 0.3) is 0 Å². The fourth-order valence-corrected chi connectivity index (χ4v) is 4.83. The Balaban J connectivity index is 1.38. The average molecular weight is 471 g/mol. The lowest BCUT2D eigenvalue weighted by Crippen LogP contribution is -2.39. The number of aryl methyl sites for hydroxylation is 1. The van der Waals surface area contributed by atoms with Gasteiger partial charge in [-0.05, 0) is 88.2 Å². The van der Waals surface area contributed by atoms with Crippen molar-refractivity contribution in [3.63, 3.8) is 0 Å². The summed E-state index contributed by atoms with van der Waals surface area (Å²) in [6.45, 7) is 6.12. The van der Waals surface area contributed by atoms with Gasteiger partial charge >= 0.3 is 0 Å². The molecule has 3 heterocycles. The first kappa shape index (κ1) is 23.7. The first-order valence-corrected chi connectivity index (χ1v) is 12.7. The van der Waals surface area contributed by atoms with E-state index in [9.17, 15) is 4.39 Å². The van der Waals surface area contributed by atoms with E-state index in [-0.39, 0.29) is 5.82 Å². The number of nitrogens with one attached hydrogen (secondary N) is 2. The van der Waals surface area contributed by atoms with Crippen molar-refractivity contribution < 1.29 is 4.39 Å². The molecule has 0 unspecified atom stereocenters. The highest BCUT2D eigenvalue weighted by Crippen LogP contribution is 2.28. The van der Waals surface area contributed by atoms with E-state index in [0.717, 1.165) is 56.2 Å². The molecular formula is C25H35FN6S. The lowest BCUT2D eigenvalue weighted by atomic mass is 10.0. The number of aromatic nitrogens is 2. The number of hydrogen-bond donors (Lipinski definition) is 2. The van der Waals surface area contributed by atoms with Gasteiger partial charge in [0.15, 0.2) is 5.11 Å². The number of rotatable bonds is 7. The minimum atomic E-state index is -0.202. The molecule has 1 aromatic heterocycles. The van der Waals surface area contributed by atoms with Crippen LogP contribution in [0.3, 0.4) is 0 Å². The van der Waals surface area contributed by atoms with E-state index in [0.29, 0.717) is 17.1 Å². The van der Waals surface area contributed by atoms with Gasteiger partial charge in [-0.25, -0.2) is 4.39 Å². The molecule has 6 nitrogen and oxygen atoms in total. The summed E-state index contributed by atoms with van der Waals surface area (Å²) in [4.78, 5) is 14.4. The summed E-state index contributed by atoms with van der Waals surface area (Å²) in [5.41, 5.74) is 1.12. The van der Waals surface area contributed by atoms with Crippen LogP contribution in [0.2, 0.25) is 0 Å². The van der Waals surface area contributed by atoms with Crippen molar-refractivity contribution in [2.45, 2.75) is 64.3 Å². The van der Waals surface area contributed by atoms with Gasteiger partial charge in [0.05, 0.1) is 0 Å². The molecule has 1 aromatic carbocycles. The van der Waals surface area contributed by atoms with E-state index in [1.165, 1.54) is 50.7 Å². The summed E-state index contributed by atoms with van der Waals surface area (Å²) in [5.74, 6) is 2.33. The topological polar surface area (TPSA) is 56.3 Å². The standard InChI is InChI=1S/C25H35FN6S/c1-19-8-3-6-17-32(19)23-18-22(31-15-4-2-5-16-31)28-24(29-23)30-25(33)27-14-7-9-20-10-12-21(26)13-11-20/h10-13,18-19H,2-9,14-17H2,1H3,(H2,27,28,29,30,33)/t19-/m0/s1. The Bertz CT molecular complexity index is 916. The van der Waals surface area contributed by atoms with E-state index in [2.05, 4.69) is 33.4 Å². The minimum absolute atomic E-state index is 0.202. The zero-order chi connectivity index (χ0) is 23.0. The largest absolute Gasteiger partial charge is 0.362 e. The summed E-state index contributed by atoms with van der Waals surface area (Å²) < 4.78 is 13.0. The van der Waals surface area contributed by atoms with Crippen LogP contribution in [0.15, 0.2) is 30.3 Å². The Kier molecular flexibility index (Phi) is 8.31. The Hall–Kier alpha value is -2.48. The van der Waals surface area contributed by atoms with Crippen molar-refractivity contribution >= 4 is 34.9 Å². The molecule has 33 heavy (non-hydrogen) atoms. The molecule has 178 valence electrons. The molecule has 2 aliphatic heterocycles. The van der Waals surface area contributed by atoms with Gasteiger partial charge in [0.1, 0.15) is 17.5 Å². The summed E-state index contributed by atoms with van der Waals surface area (Å²) >= 11 is 5.53. The Labute approximate surface area is 202 Å². The number of anilines is 3. The van der Waals surface area contributed by atoms with E-state index in [4.69, 9.17) is 22.2 Å². The van der Waals surface area contributed by atoms with Gasteiger partial charge in [-0.1, -0.05) is 12.1 Å². The number of piperidine rings is 2. The van der Waals surface area contributed by atoms with E-state index >= 15 is 0 Å². The highest BCUT2D eigenvalue weighted by atomic mass is 32.1. The third-order valence-electron chi connectivity index (χ3n) is 6.54. The minimum Gasteiger partial charge on any atom is -0.362 e. The molecule has 0 amide bonds. The van der Waals surface area contributed by atoms with Gasteiger partial charge < -0.3 is 20.4 Å². The second-order valence-corrected chi connectivity index (χ2v) is 9.51. The number of halogens is 1. The van der Waals surface area contributed by atoms with Crippen molar-refractivity contribution in [3.8, 4) is 0 Å². The first-order chi connectivity index (χ1) is 16.1. The van der Waals surface area contributed by atoms with Crippen molar-refractivity contribution in [2.75, 3.05) is 41.3 Å². The third kappa shape index (κ3) is 6.76. The third-order valence-corrected chi connectivity index (χ3v) is 6.79. The van der Waals surface area contributed by atoms with Gasteiger partial charge in [0, 0.05) is 38.3 Å². The maximum Gasteiger partial charge on any atom is 0.232 e. The molecule has 0 radical (unpaired) electrons. The molecule has 2 fully saturated rings. The van der Waals surface area contributed by atoms with E-state index in [1.54, 1.807) is 0 Å². The van der Waals surface area contributed by atoms with Crippen LogP contribution in [0, 0.1) is 5.82 Å². The molecule has 0 saturated carbocycles. The highest BCUT2D eigenvalue weighted by Gasteiger charge is 2.23. The maximum atomic E-state index is 13.0. The molecule has 0 spiro atoms. The van der Waals surface area contributed by atoms with E-state index < -0.39 is 0 Å². The molecule has 0 aliphatic carbocycles. The summed E-state index contributed by atoms with van der Waals surface area (Å²) in [5, 5.41) is 7.01. The molecule has 8 heteroatoms. The highest BCUT2D eigenvalue weighted by molar-refractivity contribution is 7.80. The van der Waals surface area contributed by atoms with Crippen LogP contribution < -0.4 is 20.4 Å². The number of hydrogen-bond acceptors (Lipinski definition) is 5. The lowest BCUT2D eigenvalue weighted by Gasteiger charge is -2.35. The molecule has 1 atom stereocenters. The fraction of sp³-hybridized carbons (Fsp3) is 0.560. The summed E-state index contributed by atoms with van der Waals surface area (Å²) in [7, 11) is 0. The van der Waals surface area contributed by atoms with Gasteiger partial charge in [0.25, 0.3) is 0 Å². The fourth-order valence-electron chi connectivity index (χ4n) is 4.64. The Morgan fingerprint density at radius 3 is 2.52 bits per heavy atom. The molecule has 2 N–H and O–H groups in total. The van der Waals surface area contributed by atoms with Crippen LogP contribution in [-0.2, 0) is 6.42 Å². The van der Waals surface area contributed by atoms with Gasteiger partial charge in [0.2, 0.25) is 5.95 Å². The quantitative estimate of drug-likeness (QED) is 0.441. The van der Waals surface area contributed by atoms with Gasteiger partial charge in [-0.2, -0.15) is 9.97 Å². The maximum absolute atomic E-state index is 13.0. The SMILES string of the molecule is C[C@H]1CCCCN1c1cc(N2CCCCC2)nc(NC(=S)NCCCc2ccc(F)cc2)n1. The zero-order valence-corrected chi connectivity index (χ0v) is 20.3. The van der Waals surface area contributed by atoms with Crippen molar-refractivity contribution in [3.05, 3.63) is 41.7 Å². The Morgan fingerprint density at radius 1 is 1.03 bits per heavy atom. The average Bonchev–Trinajstić information content (AvgIpc) is 2.83. The number of thiocarbonyl (C=S) groups is 1. The lowest BCUT2D eigenvalue weighted by molar-refractivity contribution is 0.481. The van der Waals surface area contributed by atoms with Gasteiger partial charge in [-0.3, -0.25) is 0 Å².